The minimum absolute atomic E-state index is 0.109. The lowest BCUT2D eigenvalue weighted by Gasteiger charge is -2.40. The molecule has 1 aliphatic rings. The Morgan fingerprint density at radius 2 is 2.12 bits per heavy atom. The fraction of sp³-hybridized carbons (Fsp3) is 0.923. The van der Waals surface area contributed by atoms with Crippen LogP contribution >= 0.6 is 0 Å². The second-order valence-electron chi connectivity index (χ2n) is 5.85. The second kappa shape index (κ2) is 5.17. The number of carboxylic acids is 1. The maximum atomic E-state index is 10.8. The third kappa shape index (κ3) is 3.78. The Kier molecular flexibility index (Phi) is 4.36. The highest BCUT2D eigenvalue weighted by atomic mass is 16.5. The molecule has 1 fully saturated rings. The molecule has 0 amide bonds. The minimum atomic E-state index is -0.928. The molecule has 0 aliphatic carbocycles. The van der Waals surface area contributed by atoms with Crippen LogP contribution in [0, 0.1) is 17.8 Å². The van der Waals surface area contributed by atoms with Crippen molar-refractivity contribution in [1.29, 1.82) is 0 Å². The fourth-order valence-corrected chi connectivity index (χ4v) is 2.78. The molecule has 0 bridgehead atoms. The number of hydrogen-bond donors (Lipinski definition) is 0. The van der Waals surface area contributed by atoms with E-state index in [0.29, 0.717) is 11.8 Å². The van der Waals surface area contributed by atoms with E-state index >= 15 is 0 Å². The van der Waals surface area contributed by atoms with Crippen molar-refractivity contribution in [3.63, 3.8) is 0 Å². The zero-order chi connectivity index (χ0) is 12.3. The summed E-state index contributed by atoms with van der Waals surface area (Å²) in [7, 11) is 0. The number of ether oxygens (including phenoxy) is 1. The van der Waals surface area contributed by atoms with Crippen LogP contribution in [0.5, 0.6) is 0 Å². The molecule has 1 saturated heterocycles. The van der Waals surface area contributed by atoms with E-state index in [1.54, 1.807) is 0 Å². The van der Waals surface area contributed by atoms with Crippen molar-refractivity contribution in [3.05, 3.63) is 0 Å². The van der Waals surface area contributed by atoms with Crippen LogP contribution in [0.4, 0.5) is 0 Å². The minimum Gasteiger partial charge on any atom is -0.550 e. The lowest BCUT2D eigenvalue weighted by molar-refractivity contribution is -0.307. The highest BCUT2D eigenvalue weighted by Gasteiger charge is 2.34. The van der Waals surface area contributed by atoms with Crippen LogP contribution in [0.3, 0.4) is 0 Å². The van der Waals surface area contributed by atoms with E-state index in [4.69, 9.17) is 4.74 Å². The zero-order valence-electron chi connectivity index (χ0n) is 10.8. The Balaban J connectivity index is 2.67. The summed E-state index contributed by atoms with van der Waals surface area (Å²) in [6, 6.07) is 0. The number of aliphatic carboxylic acids is 1. The van der Waals surface area contributed by atoms with Gasteiger partial charge in [-0.3, -0.25) is 0 Å². The van der Waals surface area contributed by atoms with E-state index in [1.165, 1.54) is 0 Å². The molecular weight excluding hydrogens is 204 g/mol. The largest absolute Gasteiger partial charge is 0.550 e. The molecule has 0 aromatic rings. The van der Waals surface area contributed by atoms with Gasteiger partial charge in [-0.2, -0.15) is 0 Å². The van der Waals surface area contributed by atoms with Gasteiger partial charge in [0, 0.05) is 12.6 Å². The summed E-state index contributed by atoms with van der Waals surface area (Å²) in [5.41, 5.74) is -0.109. The maximum absolute atomic E-state index is 10.8. The summed E-state index contributed by atoms with van der Waals surface area (Å²) in [4.78, 5) is 10.8. The lowest BCUT2D eigenvalue weighted by Crippen LogP contribution is -2.40. The number of hydrogen-bond acceptors (Lipinski definition) is 3. The molecule has 0 spiro atoms. The topological polar surface area (TPSA) is 49.4 Å². The third-order valence-electron chi connectivity index (χ3n) is 3.60. The summed E-state index contributed by atoms with van der Waals surface area (Å²) in [6.45, 7) is 9.09. The Morgan fingerprint density at radius 1 is 1.50 bits per heavy atom. The summed E-state index contributed by atoms with van der Waals surface area (Å²) in [5, 5.41) is 10.8. The van der Waals surface area contributed by atoms with Crippen molar-refractivity contribution in [1.82, 2.24) is 0 Å². The van der Waals surface area contributed by atoms with Gasteiger partial charge in [0.25, 0.3) is 0 Å². The van der Waals surface area contributed by atoms with E-state index in [-0.39, 0.29) is 17.9 Å². The fourth-order valence-electron chi connectivity index (χ4n) is 2.78. The molecule has 2 atom stereocenters. The SMILES string of the molecule is CC(C)[C@@H](CC(=O)[O-])[C@@H]1CCOC(C)(C)C1. The first-order valence-electron chi connectivity index (χ1n) is 6.15. The normalized spacial score (nSPS) is 26.7. The van der Waals surface area contributed by atoms with Crippen molar-refractivity contribution in [3.8, 4) is 0 Å². The molecule has 0 radical (unpaired) electrons. The number of rotatable bonds is 4. The first-order valence-corrected chi connectivity index (χ1v) is 6.15. The summed E-state index contributed by atoms with van der Waals surface area (Å²) >= 11 is 0. The Morgan fingerprint density at radius 3 is 2.56 bits per heavy atom. The van der Waals surface area contributed by atoms with Gasteiger partial charge in [-0.25, -0.2) is 0 Å². The van der Waals surface area contributed by atoms with Gasteiger partial charge in [-0.1, -0.05) is 13.8 Å². The Bertz CT molecular complexity index is 246. The molecule has 1 heterocycles. The molecule has 3 heteroatoms. The molecule has 1 aliphatic heterocycles. The van der Waals surface area contributed by atoms with Crippen LogP contribution in [0.15, 0.2) is 0 Å². The number of carbonyl (C=O) groups is 1. The van der Waals surface area contributed by atoms with Crippen molar-refractivity contribution in [2.75, 3.05) is 6.61 Å². The van der Waals surface area contributed by atoms with E-state index in [0.717, 1.165) is 19.4 Å². The monoisotopic (exact) mass is 227 g/mol. The van der Waals surface area contributed by atoms with E-state index in [2.05, 4.69) is 27.7 Å². The van der Waals surface area contributed by atoms with E-state index in [1.807, 2.05) is 0 Å². The molecule has 0 aromatic carbocycles. The van der Waals surface area contributed by atoms with Gasteiger partial charge in [-0.05, 0) is 50.9 Å². The molecule has 0 unspecified atom stereocenters. The molecule has 94 valence electrons. The maximum Gasteiger partial charge on any atom is 0.0629 e. The average Bonchev–Trinajstić information content (AvgIpc) is 2.11. The molecule has 16 heavy (non-hydrogen) atoms. The second-order valence-corrected chi connectivity index (χ2v) is 5.85. The van der Waals surface area contributed by atoms with Gasteiger partial charge in [0.2, 0.25) is 0 Å². The Hall–Kier alpha value is -0.570. The van der Waals surface area contributed by atoms with Crippen LogP contribution in [-0.4, -0.2) is 18.2 Å². The molecule has 3 nitrogen and oxygen atoms in total. The van der Waals surface area contributed by atoms with Gasteiger partial charge in [0.05, 0.1) is 5.60 Å². The van der Waals surface area contributed by atoms with Gasteiger partial charge < -0.3 is 14.6 Å². The first kappa shape index (κ1) is 13.5. The van der Waals surface area contributed by atoms with Crippen LogP contribution in [0.25, 0.3) is 0 Å². The van der Waals surface area contributed by atoms with Crippen molar-refractivity contribution in [2.24, 2.45) is 17.8 Å². The van der Waals surface area contributed by atoms with Crippen LogP contribution < -0.4 is 5.11 Å². The quantitative estimate of drug-likeness (QED) is 0.733. The molecule has 0 saturated carbocycles. The van der Waals surface area contributed by atoms with E-state index < -0.39 is 5.97 Å². The molecule has 0 N–H and O–H groups in total. The molecule has 0 aromatic heterocycles. The smallest absolute Gasteiger partial charge is 0.0629 e. The van der Waals surface area contributed by atoms with Gasteiger partial charge in [0.1, 0.15) is 0 Å². The highest BCUT2D eigenvalue weighted by Crippen LogP contribution is 2.37. The predicted molar refractivity (Wildman–Crippen MR) is 60.7 cm³/mol. The zero-order valence-corrected chi connectivity index (χ0v) is 10.8. The molecular formula is C13H23O3-. The van der Waals surface area contributed by atoms with Crippen molar-refractivity contribution < 1.29 is 14.6 Å². The lowest BCUT2D eigenvalue weighted by atomic mass is 9.73. The van der Waals surface area contributed by atoms with Crippen LogP contribution in [0.2, 0.25) is 0 Å². The van der Waals surface area contributed by atoms with Gasteiger partial charge in [0.15, 0.2) is 0 Å². The van der Waals surface area contributed by atoms with Crippen LogP contribution in [0.1, 0.15) is 47.0 Å². The number of carboxylic acid groups (broad SMARTS) is 1. The van der Waals surface area contributed by atoms with Crippen molar-refractivity contribution in [2.45, 2.75) is 52.6 Å². The predicted octanol–water partition coefficient (Wildman–Crippen LogP) is 1.60. The standard InChI is InChI=1S/C13H24O3/c1-9(2)11(7-12(14)15)10-5-6-16-13(3,4)8-10/h9-11H,5-8H2,1-4H3,(H,14,15)/p-1/t10-,11-/m1/s1. The highest BCUT2D eigenvalue weighted by molar-refractivity contribution is 5.64. The summed E-state index contributed by atoms with van der Waals surface area (Å²) in [6.07, 6.45) is 2.10. The van der Waals surface area contributed by atoms with E-state index in [9.17, 15) is 9.90 Å². The Labute approximate surface area is 98.2 Å². The number of carbonyl (C=O) groups excluding carboxylic acids is 1. The average molecular weight is 227 g/mol. The van der Waals surface area contributed by atoms with Crippen molar-refractivity contribution >= 4 is 5.97 Å². The summed E-state index contributed by atoms with van der Waals surface area (Å²) < 4.78 is 5.67. The summed E-state index contributed by atoms with van der Waals surface area (Å²) in [5.74, 6) is 0.120. The van der Waals surface area contributed by atoms with Crippen LogP contribution in [-0.2, 0) is 9.53 Å². The van der Waals surface area contributed by atoms with Gasteiger partial charge >= 0.3 is 0 Å². The third-order valence-corrected chi connectivity index (χ3v) is 3.60. The molecule has 1 rings (SSSR count). The van der Waals surface area contributed by atoms with Gasteiger partial charge in [-0.15, -0.1) is 0 Å². The first-order chi connectivity index (χ1) is 7.32.